The van der Waals surface area contributed by atoms with Gasteiger partial charge in [0.15, 0.2) is 0 Å². The van der Waals surface area contributed by atoms with Gasteiger partial charge >= 0.3 is 0 Å². The second-order valence-corrected chi connectivity index (χ2v) is 7.62. The summed E-state index contributed by atoms with van der Waals surface area (Å²) in [7, 11) is 0. The number of β-amino-alcohol motifs (C(OH)–C–C–N with tert-alkyl or cyclic N) is 1. The Morgan fingerprint density at radius 3 is 2.59 bits per heavy atom. The van der Waals surface area contributed by atoms with E-state index >= 15 is 0 Å². The van der Waals surface area contributed by atoms with Crippen molar-refractivity contribution in [1.82, 2.24) is 14.9 Å². The first kappa shape index (κ1) is 18.4. The Bertz CT molecular complexity index is 966. The second-order valence-electron chi connectivity index (χ2n) is 6.81. The smallest absolute Gasteiger partial charge is 0.145 e. The van der Waals surface area contributed by atoms with E-state index < -0.39 is 0 Å². The molecule has 4 rings (SSSR count). The normalized spacial score (nSPS) is 17.5. The molecule has 2 N–H and O–H groups in total. The van der Waals surface area contributed by atoms with Crippen LogP contribution in [0.1, 0.15) is 17.5 Å². The molecule has 1 saturated heterocycles. The zero-order valence-corrected chi connectivity index (χ0v) is 16.2. The van der Waals surface area contributed by atoms with E-state index in [9.17, 15) is 5.11 Å². The number of anilines is 1. The fourth-order valence-corrected chi connectivity index (χ4v) is 3.68. The van der Waals surface area contributed by atoms with Gasteiger partial charge in [-0.25, -0.2) is 4.98 Å². The second kappa shape index (κ2) is 7.98. The van der Waals surface area contributed by atoms with Crippen molar-refractivity contribution in [1.29, 1.82) is 0 Å². The van der Waals surface area contributed by atoms with Crippen molar-refractivity contribution in [2.45, 2.75) is 25.6 Å². The molecule has 27 heavy (non-hydrogen) atoms. The molecule has 1 aliphatic heterocycles. The number of nitrogens with zero attached hydrogens (tertiary/aromatic N) is 3. The van der Waals surface area contributed by atoms with E-state index in [2.05, 4.69) is 32.3 Å². The molecule has 1 aliphatic rings. The highest BCUT2D eigenvalue weighted by atomic mass is 35.5. The molecular formula is C20H20Cl2N4O. The van der Waals surface area contributed by atoms with E-state index in [1.54, 1.807) is 18.3 Å². The third-order valence-electron chi connectivity index (χ3n) is 4.80. The minimum atomic E-state index is -0.205. The van der Waals surface area contributed by atoms with Crippen LogP contribution in [0.25, 0.3) is 11.0 Å². The van der Waals surface area contributed by atoms with Gasteiger partial charge < -0.3 is 10.4 Å². The number of benzene rings is 2. The lowest BCUT2D eigenvalue weighted by Gasteiger charge is -2.18. The van der Waals surface area contributed by atoms with Crippen molar-refractivity contribution in [3.05, 3.63) is 63.8 Å². The molecule has 0 spiro atoms. The maximum atomic E-state index is 9.74. The summed E-state index contributed by atoms with van der Waals surface area (Å²) in [5.41, 5.74) is 3.87. The number of aromatic nitrogens is 2. The van der Waals surface area contributed by atoms with Crippen molar-refractivity contribution >= 4 is 40.1 Å². The summed E-state index contributed by atoms with van der Waals surface area (Å²) in [5.74, 6) is 0.687. The Morgan fingerprint density at radius 2 is 1.85 bits per heavy atom. The lowest BCUT2D eigenvalue weighted by atomic mass is 10.1. The van der Waals surface area contributed by atoms with Crippen LogP contribution in [0.5, 0.6) is 0 Å². The summed E-state index contributed by atoms with van der Waals surface area (Å²) in [6.07, 6.45) is 2.34. The van der Waals surface area contributed by atoms with Gasteiger partial charge in [-0.2, -0.15) is 0 Å². The number of aliphatic hydroxyl groups excluding tert-OH is 1. The number of aliphatic hydroxyl groups is 1. The largest absolute Gasteiger partial charge is 0.392 e. The molecular weight excluding hydrogens is 383 g/mol. The van der Waals surface area contributed by atoms with E-state index in [0.29, 0.717) is 33.4 Å². The molecule has 5 nitrogen and oxygen atoms in total. The van der Waals surface area contributed by atoms with E-state index in [4.69, 9.17) is 23.2 Å². The predicted octanol–water partition coefficient (Wildman–Crippen LogP) is 4.12. The van der Waals surface area contributed by atoms with Crippen molar-refractivity contribution in [2.24, 2.45) is 0 Å². The van der Waals surface area contributed by atoms with Gasteiger partial charge in [0.1, 0.15) is 5.82 Å². The van der Waals surface area contributed by atoms with Gasteiger partial charge in [0.05, 0.1) is 33.4 Å². The number of fused-ring (bicyclic) bond motifs is 1. The quantitative estimate of drug-likeness (QED) is 0.671. The van der Waals surface area contributed by atoms with E-state index in [1.165, 1.54) is 11.1 Å². The molecule has 2 heterocycles. The summed E-state index contributed by atoms with van der Waals surface area (Å²) < 4.78 is 0. The van der Waals surface area contributed by atoms with Crippen LogP contribution in [0.2, 0.25) is 10.0 Å². The van der Waals surface area contributed by atoms with Crippen LogP contribution < -0.4 is 5.32 Å². The Labute approximate surface area is 168 Å². The summed E-state index contributed by atoms with van der Waals surface area (Å²) in [4.78, 5) is 11.3. The Hall–Kier alpha value is -1.92. The zero-order chi connectivity index (χ0) is 18.8. The number of hydrogen-bond acceptors (Lipinski definition) is 5. The fraction of sp³-hybridized carbons (Fsp3) is 0.300. The van der Waals surface area contributed by atoms with Crippen LogP contribution in [0.4, 0.5) is 5.82 Å². The molecule has 0 aliphatic carbocycles. The number of halogens is 2. The van der Waals surface area contributed by atoms with E-state index in [1.807, 2.05) is 12.1 Å². The van der Waals surface area contributed by atoms with Gasteiger partial charge in [-0.1, -0.05) is 47.5 Å². The first-order valence-corrected chi connectivity index (χ1v) is 9.67. The lowest BCUT2D eigenvalue weighted by Crippen LogP contribution is -2.22. The summed E-state index contributed by atoms with van der Waals surface area (Å²) in [5, 5.41) is 14.0. The third-order valence-corrected chi connectivity index (χ3v) is 5.53. The molecule has 0 amide bonds. The first-order chi connectivity index (χ1) is 13.1. The topological polar surface area (TPSA) is 61.3 Å². The number of rotatable bonds is 5. The summed E-state index contributed by atoms with van der Waals surface area (Å²) >= 11 is 12.1. The molecule has 0 bridgehead atoms. The van der Waals surface area contributed by atoms with Crippen LogP contribution in [-0.4, -0.2) is 39.2 Å². The monoisotopic (exact) mass is 402 g/mol. The standard InChI is InChI=1S/C20H20Cl2N4O/c21-16-7-18-19(8-17(16)22)25-20(10-23-18)24-9-13-3-1-2-4-14(13)11-26-6-5-15(27)12-26/h1-4,7-8,10,15,27H,5-6,9,11-12H2,(H,24,25). The maximum absolute atomic E-state index is 9.74. The third kappa shape index (κ3) is 4.33. The molecule has 7 heteroatoms. The van der Waals surface area contributed by atoms with Gasteiger partial charge in [-0.3, -0.25) is 9.88 Å². The van der Waals surface area contributed by atoms with Crippen LogP contribution in [-0.2, 0) is 13.1 Å². The predicted molar refractivity (Wildman–Crippen MR) is 109 cm³/mol. The van der Waals surface area contributed by atoms with Crippen LogP contribution in [0.3, 0.4) is 0 Å². The van der Waals surface area contributed by atoms with Crippen LogP contribution in [0.15, 0.2) is 42.6 Å². The highest BCUT2D eigenvalue weighted by Crippen LogP contribution is 2.26. The number of hydrogen-bond donors (Lipinski definition) is 2. The molecule has 1 atom stereocenters. The van der Waals surface area contributed by atoms with Crippen molar-refractivity contribution < 1.29 is 5.11 Å². The van der Waals surface area contributed by atoms with Gasteiger partial charge in [0, 0.05) is 26.2 Å². The van der Waals surface area contributed by atoms with Gasteiger partial charge in [0.25, 0.3) is 0 Å². The zero-order valence-electron chi connectivity index (χ0n) is 14.7. The maximum Gasteiger partial charge on any atom is 0.145 e. The fourth-order valence-electron chi connectivity index (χ4n) is 3.36. The van der Waals surface area contributed by atoms with Crippen molar-refractivity contribution in [3.8, 4) is 0 Å². The lowest BCUT2D eigenvalue weighted by molar-refractivity contribution is 0.174. The van der Waals surface area contributed by atoms with Crippen molar-refractivity contribution in [3.63, 3.8) is 0 Å². The van der Waals surface area contributed by atoms with Gasteiger partial charge in [0.2, 0.25) is 0 Å². The average molecular weight is 403 g/mol. The SMILES string of the molecule is OC1CCN(Cc2ccccc2CNc2cnc3cc(Cl)c(Cl)cc3n2)C1. The Morgan fingerprint density at radius 1 is 1.11 bits per heavy atom. The molecule has 0 saturated carbocycles. The average Bonchev–Trinajstić information content (AvgIpc) is 3.07. The molecule has 0 radical (unpaired) electrons. The molecule has 1 unspecified atom stereocenters. The molecule has 140 valence electrons. The molecule has 1 aromatic heterocycles. The molecule has 1 fully saturated rings. The number of likely N-dealkylation sites (tertiary alicyclic amines) is 1. The van der Waals surface area contributed by atoms with E-state index in [0.717, 1.165) is 26.1 Å². The molecule has 3 aromatic rings. The Balaban J connectivity index is 1.48. The molecule has 2 aromatic carbocycles. The summed E-state index contributed by atoms with van der Waals surface area (Å²) in [6, 6.07) is 11.8. The van der Waals surface area contributed by atoms with Crippen LogP contribution >= 0.6 is 23.2 Å². The Kier molecular flexibility index (Phi) is 5.45. The van der Waals surface area contributed by atoms with Gasteiger partial charge in [-0.15, -0.1) is 0 Å². The highest BCUT2D eigenvalue weighted by Gasteiger charge is 2.20. The van der Waals surface area contributed by atoms with Gasteiger partial charge in [-0.05, 0) is 29.7 Å². The minimum Gasteiger partial charge on any atom is -0.392 e. The minimum absolute atomic E-state index is 0.205. The highest BCUT2D eigenvalue weighted by molar-refractivity contribution is 6.42. The summed E-state index contributed by atoms with van der Waals surface area (Å²) in [6.45, 7) is 3.16. The van der Waals surface area contributed by atoms with Crippen LogP contribution in [0, 0.1) is 0 Å². The van der Waals surface area contributed by atoms with Crippen molar-refractivity contribution in [2.75, 3.05) is 18.4 Å². The first-order valence-electron chi connectivity index (χ1n) is 8.91. The van der Waals surface area contributed by atoms with E-state index in [-0.39, 0.29) is 6.10 Å². The number of nitrogens with one attached hydrogen (secondary N) is 1.